The highest BCUT2D eigenvalue weighted by Crippen LogP contribution is 1.46. The number of hydrogen-bond donors (Lipinski definition) is 4. The Kier molecular flexibility index (Phi) is 27.5. The first-order chi connectivity index (χ1) is 3.65. The Bertz CT molecular complexity index is 70.2. The third-order valence-corrected chi connectivity index (χ3v) is 0.129. The van der Waals surface area contributed by atoms with Gasteiger partial charge < -0.3 is 22.7 Å². The first-order valence-electron chi connectivity index (χ1n) is 1.91. The molecule has 0 radical (unpaired) electrons. The van der Waals surface area contributed by atoms with Gasteiger partial charge in [-0.15, -0.1) is 6.58 Å². The van der Waals surface area contributed by atoms with Crippen LogP contribution in [0.4, 0.5) is 4.79 Å². The number of primary amides is 2. The molecule has 0 spiro atoms. The number of nitrogens with two attached hydrogens (primary N) is 2. The van der Waals surface area contributed by atoms with E-state index in [4.69, 9.17) is 9.90 Å². The third kappa shape index (κ3) is 34400. The lowest BCUT2D eigenvalue weighted by Gasteiger charge is -1.62. The molecule has 0 aromatic heterocycles. The quantitative estimate of drug-likeness (QED) is 0.357. The molecule has 0 aromatic carbocycles. The molecule has 0 fully saturated rings. The van der Waals surface area contributed by atoms with Crippen molar-refractivity contribution in [1.82, 2.24) is 6.15 Å². The number of carbonyl (C=O) groups is 1. The van der Waals surface area contributed by atoms with Gasteiger partial charge in [-0.05, 0) is 0 Å². The van der Waals surface area contributed by atoms with E-state index < -0.39 is 6.03 Å². The van der Waals surface area contributed by atoms with E-state index in [-0.39, 0.29) is 12.8 Å². The fraction of sp³-hybridized carbons (Fsp3) is 0.250. The molecule has 0 atom stereocenters. The van der Waals surface area contributed by atoms with Crippen molar-refractivity contribution in [3.05, 3.63) is 12.7 Å². The maximum absolute atomic E-state index is 9.00. The summed E-state index contributed by atoms with van der Waals surface area (Å²) in [5, 5.41) is 7.76. The molecular formula is C4H13N3O2. The van der Waals surface area contributed by atoms with Gasteiger partial charge in [-0.3, -0.25) is 0 Å². The molecule has 5 nitrogen and oxygen atoms in total. The summed E-state index contributed by atoms with van der Waals surface area (Å²) in [5.41, 5.74) is 8.50. The summed E-state index contributed by atoms with van der Waals surface area (Å²) >= 11 is 0. The van der Waals surface area contributed by atoms with Crippen molar-refractivity contribution in [2.75, 3.05) is 6.61 Å². The maximum Gasteiger partial charge on any atom is 0.309 e. The van der Waals surface area contributed by atoms with Gasteiger partial charge in [0.2, 0.25) is 0 Å². The normalized spacial score (nSPS) is 5.44. The van der Waals surface area contributed by atoms with Crippen LogP contribution in [0, 0.1) is 0 Å². The molecule has 0 unspecified atom stereocenters. The van der Waals surface area contributed by atoms with Crippen molar-refractivity contribution < 1.29 is 9.90 Å². The van der Waals surface area contributed by atoms with Gasteiger partial charge in [-0.2, -0.15) is 0 Å². The number of aliphatic hydroxyl groups excluding tert-OH is 1. The van der Waals surface area contributed by atoms with Crippen molar-refractivity contribution in [3.63, 3.8) is 0 Å². The summed E-state index contributed by atoms with van der Waals surface area (Å²) in [6.45, 7) is 3.31. The van der Waals surface area contributed by atoms with Gasteiger partial charge in [-0.1, -0.05) is 6.08 Å². The van der Waals surface area contributed by atoms with Crippen molar-refractivity contribution in [3.8, 4) is 0 Å². The van der Waals surface area contributed by atoms with Crippen LogP contribution in [0.2, 0.25) is 0 Å². The van der Waals surface area contributed by atoms with Crippen LogP contribution in [-0.4, -0.2) is 17.7 Å². The van der Waals surface area contributed by atoms with E-state index in [2.05, 4.69) is 18.0 Å². The second-order valence-corrected chi connectivity index (χ2v) is 0.874. The Balaban J connectivity index is -0.0000000720. The smallest absolute Gasteiger partial charge is 0.309 e. The minimum atomic E-state index is -0.833. The molecule has 0 saturated carbocycles. The highest BCUT2D eigenvalue weighted by Gasteiger charge is 1.60. The first-order valence-corrected chi connectivity index (χ1v) is 1.91. The Morgan fingerprint density at radius 1 is 1.67 bits per heavy atom. The fourth-order valence-corrected chi connectivity index (χ4v) is 0. The molecule has 0 aliphatic heterocycles. The molecular weight excluding hydrogens is 122 g/mol. The Morgan fingerprint density at radius 3 is 1.78 bits per heavy atom. The lowest BCUT2D eigenvalue weighted by atomic mass is 10.7. The highest BCUT2D eigenvalue weighted by molar-refractivity contribution is 5.69. The zero-order valence-corrected chi connectivity index (χ0v) is 5.21. The van der Waals surface area contributed by atoms with Gasteiger partial charge in [0.05, 0.1) is 6.61 Å². The molecule has 0 rings (SSSR count). The van der Waals surface area contributed by atoms with Crippen LogP contribution < -0.4 is 17.6 Å². The minimum absolute atomic E-state index is 0. The molecule has 2 amide bonds. The minimum Gasteiger partial charge on any atom is -0.392 e. The van der Waals surface area contributed by atoms with Crippen LogP contribution in [-0.2, 0) is 0 Å². The molecule has 8 N–H and O–H groups in total. The van der Waals surface area contributed by atoms with E-state index in [0.717, 1.165) is 0 Å². The van der Waals surface area contributed by atoms with Gasteiger partial charge in [0.1, 0.15) is 0 Å². The predicted molar refractivity (Wildman–Crippen MR) is 36.1 cm³/mol. The molecule has 0 bridgehead atoms. The molecule has 0 aliphatic carbocycles. The van der Waals surface area contributed by atoms with Crippen LogP contribution in [0.1, 0.15) is 0 Å². The number of urea groups is 1. The number of aliphatic hydroxyl groups is 1. The third-order valence-electron chi connectivity index (χ3n) is 0.129. The number of hydrogen-bond acceptors (Lipinski definition) is 3. The molecule has 9 heavy (non-hydrogen) atoms. The fourth-order valence-electron chi connectivity index (χ4n) is 0. The van der Waals surface area contributed by atoms with E-state index in [9.17, 15) is 0 Å². The number of carbonyl (C=O) groups excluding carboxylic acids is 1. The van der Waals surface area contributed by atoms with Crippen molar-refractivity contribution in [1.29, 1.82) is 0 Å². The topological polar surface area (TPSA) is 124 Å². The molecule has 5 heteroatoms. The number of rotatable bonds is 1. The lowest BCUT2D eigenvalue weighted by Crippen LogP contribution is -2.18. The summed E-state index contributed by atoms with van der Waals surface area (Å²) < 4.78 is 0. The SMILES string of the molecule is C=CCO.N.NC(N)=O. The summed E-state index contributed by atoms with van der Waals surface area (Å²) in [4.78, 5) is 9.00. The van der Waals surface area contributed by atoms with E-state index in [0.29, 0.717) is 0 Å². The second-order valence-electron chi connectivity index (χ2n) is 0.874. The largest absolute Gasteiger partial charge is 0.392 e. The summed E-state index contributed by atoms with van der Waals surface area (Å²) in [6.07, 6.45) is 1.43. The Labute approximate surface area is 53.9 Å². The van der Waals surface area contributed by atoms with Crippen molar-refractivity contribution in [2.24, 2.45) is 11.5 Å². The molecule has 0 aromatic rings. The molecule has 0 aliphatic rings. The van der Waals surface area contributed by atoms with Gasteiger partial charge in [0.25, 0.3) is 0 Å². The summed E-state index contributed by atoms with van der Waals surface area (Å²) in [5.74, 6) is 0. The van der Waals surface area contributed by atoms with Crippen LogP contribution in [0.25, 0.3) is 0 Å². The summed E-state index contributed by atoms with van der Waals surface area (Å²) in [7, 11) is 0. The Morgan fingerprint density at radius 2 is 1.78 bits per heavy atom. The summed E-state index contributed by atoms with van der Waals surface area (Å²) in [6, 6.07) is -0.833. The second kappa shape index (κ2) is 15.8. The van der Waals surface area contributed by atoms with Gasteiger partial charge in [-0.25, -0.2) is 4.79 Å². The molecule has 0 heterocycles. The zero-order valence-electron chi connectivity index (χ0n) is 5.21. The number of amides is 2. The lowest BCUT2D eigenvalue weighted by molar-refractivity contribution is 0.256. The van der Waals surface area contributed by atoms with Crippen LogP contribution in [0.5, 0.6) is 0 Å². The molecule has 56 valence electrons. The van der Waals surface area contributed by atoms with E-state index in [1.165, 1.54) is 6.08 Å². The van der Waals surface area contributed by atoms with Gasteiger partial charge in [0, 0.05) is 0 Å². The van der Waals surface area contributed by atoms with E-state index in [1.807, 2.05) is 0 Å². The average Bonchev–Trinajstić information content (AvgIpc) is 1.65. The van der Waals surface area contributed by atoms with E-state index >= 15 is 0 Å². The zero-order chi connectivity index (χ0) is 6.99. The van der Waals surface area contributed by atoms with Crippen molar-refractivity contribution in [2.45, 2.75) is 0 Å². The molecule has 0 saturated heterocycles. The van der Waals surface area contributed by atoms with Crippen molar-refractivity contribution >= 4 is 6.03 Å². The predicted octanol–water partition coefficient (Wildman–Crippen LogP) is -0.649. The van der Waals surface area contributed by atoms with Crippen LogP contribution in [0.3, 0.4) is 0 Å². The Hall–Kier alpha value is -1.07. The standard InChI is InChI=1S/C3H6O.CH4N2O.H3N/c1-2-3-4;2-1(3)4;/h2,4H,1,3H2;(H4,2,3,4);1H3. The van der Waals surface area contributed by atoms with E-state index in [1.54, 1.807) is 0 Å². The van der Waals surface area contributed by atoms with Crippen LogP contribution >= 0.6 is 0 Å². The maximum atomic E-state index is 9.00. The highest BCUT2D eigenvalue weighted by atomic mass is 16.2. The van der Waals surface area contributed by atoms with Crippen LogP contribution in [0.15, 0.2) is 12.7 Å². The van der Waals surface area contributed by atoms with Gasteiger partial charge >= 0.3 is 6.03 Å². The van der Waals surface area contributed by atoms with Gasteiger partial charge in [0.15, 0.2) is 0 Å². The first kappa shape index (κ1) is 15.7. The average molecular weight is 135 g/mol. The monoisotopic (exact) mass is 135 g/mol.